The van der Waals surface area contributed by atoms with E-state index in [1.54, 1.807) is 30.3 Å². The van der Waals surface area contributed by atoms with Gasteiger partial charge in [0.1, 0.15) is 48.3 Å². The van der Waals surface area contributed by atoms with Crippen LogP contribution >= 0.6 is 0 Å². The first-order valence-corrected chi connectivity index (χ1v) is 25.8. The Hall–Kier alpha value is -6.85. The number of carbonyl (C=O) groups is 10. The number of unbranched alkanes of at least 4 members (excludes halogenated alkanes) is 1. The van der Waals surface area contributed by atoms with Crippen LogP contribution in [0.15, 0.2) is 35.3 Å². The lowest BCUT2D eigenvalue weighted by Gasteiger charge is -2.33. The van der Waals surface area contributed by atoms with Gasteiger partial charge in [-0.2, -0.15) is 0 Å². The molecule has 0 aromatic heterocycles. The van der Waals surface area contributed by atoms with Crippen LogP contribution in [-0.2, 0) is 54.4 Å². The molecule has 3 aliphatic heterocycles. The Morgan fingerprint density at radius 2 is 1.31 bits per heavy atom. The summed E-state index contributed by atoms with van der Waals surface area (Å²) in [6.07, 6.45) is 4.43. The molecular weight excluding hydrogens is 959 g/mol. The molecule has 0 aliphatic carbocycles. The summed E-state index contributed by atoms with van der Waals surface area (Å²) in [6.45, 7) is 7.11. The maximum atomic E-state index is 14.3. The Balaban J connectivity index is 1.43. The smallest absolute Gasteiger partial charge is 0.326 e. The third kappa shape index (κ3) is 17.4. The Kier molecular flexibility index (Phi) is 23.5. The zero-order valence-electron chi connectivity index (χ0n) is 43.5. The number of nitrogens with two attached hydrogens (primary N) is 3. The first-order chi connectivity index (χ1) is 35.1. The summed E-state index contributed by atoms with van der Waals surface area (Å²) in [5, 5.41) is 23.0. The molecule has 3 heterocycles. The van der Waals surface area contributed by atoms with E-state index >= 15 is 0 Å². The van der Waals surface area contributed by atoms with E-state index in [1.165, 1.54) is 40.5 Å². The number of rotatable bonds is 27. The number of aliphatic imine (C=N–C) groups is 1. The molecule has 3 aliphatic rings. The van der Waals surface area contributed by atoms with Gasteiger partial charge in [0.2, 0.25) is 53.2 Å². The van der Waals surface area contributed by atoms with Gasteiger partial charge in [-0.05, 0) is 102 Å². The third-order valence-electron chi connectivity index (χ3n) is 13.6. The van der Waals surface area contributed by atoms with Gasteiger partial charge in [-0.15, -0.1) is 0 Å². The van der Waals surface area contributed by atoms with Gasteiger partial charge >= 0.3 is 5.97 Å². The predicted molar refractivity (Wildman–Crippen MR) is 273 cm³/mol. The van der Waals surface area contributed by atoms with Crippen LogP contribution in [0.4, 0.5) is 0 Å². The number of benzene rings is 1. The number of carboxylic acid groups (broad SMARTS) is 1. The van der Waals surface area contributed by atoms with Crippen molar-refractivity contribution >= 4 is 65.1 Å². The maximum Gasteiger partial charge on any atom is 0.326 e. The minimum absolute atomic E-state index is 0.0129. The third-order valence-corrected chi connectivity index (χ3v) is 13.6. The zero-order chi connectivity index (χ0) is 54.6. The average Bonchev–Trinajstić information content (AvgIpc) is 4.17. The van der Waals surface area contributed by atoms with Crippen LogP contribution in [0.2, 0.25) is 0 Å². The standard InChI is InChI=1S/C50H79N13O11/c1-30(2)27-37(49(73)74)59-44(68)39-20-13-24-61(39)45(69)31(3)60(5)46(70)36(28-33-15-7-6-8-16-33)57-41(65)29-55-43(67)38-19-12-25-62(38)48(72)40-21-14-26-63(40)47(71)35(18-11-23-54-50(52)53)58-42(66)34(56-32(4)64)17-9-10-22-51/h6-8,15-16,30-31,34-40H,9-14,17-29,51H2,1-5H3,(H,55,67)(H,56,64)(H,57,65)(H,58,66)(H,59,68)(H,73,74)(H4,52,53,54)/t31-,34-,35-,36-,37-,38-,39-,40-/m0/s1. The Labute approximate surface area is 433 Å². The molecule has 8 atom stereocenters. The highest BCUT2D eigenvalue weighted by molar-refractivity contribution is 5.98. The lowest BCUT2D eigenvalue weighted by Crippen LogP contribution is -2.58. The van der Waals surface area contributed by atoms with E-state index in [-0.39, 0.29) is 70.2 Å². The van der Waals surface area contributed by atoms with Crippen LogP contribution in [0.25, 0.3) is 0 Å². The first kappa shape index (κ1) is 59.7. The average molecular weight is 1040 g/mol. The molecule has 410 valence electrons. The van der Waals surface area contributed by atoms with Gasteiger partial charge < -0.3 is 68.5 Å². The summed E-state index contributed by atoms with van der Waals surface area (Å²) in [7, 11) is 1.41. The van der Waals surface area contributed by atoms with Crippen LogP contribution in [-0.4, -0.2) is 184 Å². The number of carboxylic acids is 1. The molecule has 0 unspecified atom stereocenters. The molecule has 24 heteroatoms. The number of guanidine groups is 1. The molecule has 24 nitrogen and oxygen atoms in total. The fourth-order valence-electron chi connectivity index (χ4n) is 9.71. The molecule has 12 N–H and O–H groups in total. The van der Waals surface area contributed by atoms with Crippen molar-refractivity contribution < 1.29 is 53.1 Å². The quantitative estimate of drug-likeness (QED) is 0.0274. The van der Waals surface area contributed by atoms with Gasteiger partial charge in [-0.1, -0.05) is 44.2 Å². The lowest BCUT2D eigenvalue weighted by atomic mass is 10.0. The molecule has 0 spiro atoms. The molecule has 0 saturated carbocycles. The number of hydrogen-bond acceptors (Lipinski definition) is 12. The Morgan fingerprint density at radius 3 is 1.91 bits per heavy atom. The Bertz CT molecular complexity index is 2170. The van der Waals surface area contributed by atoms with Gasteiger partial charge in [-0.3, -0.25) is 48.1 Å². The van der Waals surface area contributed by atoms with E-state index in [9.17, 15) is 53.1 Å². The summed E-state index contributed by atoms with van der Waals surface area (Å²) in [5.41, 5.74) is 17.3. The number of likely N-dealkylation sites (tertiary alicyclic amines) is 3. The number of nitrogens with one attached hydrogen (secondary N) is 5. The van der Waals surface area contributed by atoms with Crippen molar-refractivity contribution in [3.63, 3.8) is 0 Å². The molecule has 4 rings (SSSR count). The van der Waals surface area contributed by atoms with Gasteiger partial charge in [-0.25, -0.2) is 4.79 Å². The maximum absolute atomic E-state index is 14.3. The Morgan fingerprint density at radius 1 is 0.716 bits per heavy atom. The summed E-state index contributed by atoms with van der Waals surface area (Å²) < 4.78 is 0. The molecule has 3 saturated heterocycles. The van der Waals surface area contributed by atoms with Gasteiger partial charge in [0.15, 0.2) is 5.96 Å². The summed E-state index contributed by atoms with van der Waals surface area (Å²) >= 11 is 0. The summed E-state index contributed by atoms with van der Waals surface area (Å²) in [4.78, 5) is 144. The minimum atomic E-state index is -1.20. The minimum Gasteiger partial charge on any atom is -0.480 e. The summed E-state index contributed by atoms with van der Waals surface area (Å²) in [5.74, 6) is -6.38. The fraction of sp³-hybridized carbons (Fsp3) is 0.660. The van der Waals surface area contributed by atoms with Crippen molar-refractivity contribution in [2.24, 2.45) is 28.1 Å². The number of carbonyl (C=O) groups excluding carboxylic acids is 9. The van der Waals surface area contributed by atoms with E-state index in [4.69, 9.17) is 17.2 Å². The monoisotopic (exact) mass is 1040 g/mol. The van der Waals surface area contributed by atoms with E-state index in [2.05, 4.69) is 31.6 Å². The number of amides is 9. The molecule has 74 heavy (non-hydrogen) atoms. The predicted octanol–water partition coefficient (Wildman–Crippen LogP) is -1.56. The number of hydrogen-bond donors (Lipinski definition) is 9. The van der Waals surface area contributed by atoms with Crippen molar-refractivity contribution in [2.75, 3.05) is 46.3 Å². The van der Waals surface area contributed by atoms with Gasteiger partial charge in [0.25, 0.3) is 0 Å². The summed E-state index contributed by atoms with van der Waals surface area (Å²) in [6, 6.07) is 0.553. The van der Waals surface area contributed by atoms with Crippen molar-refractivity contribution in [1.29, 1.82) is 0 Å². The number of likely N-dealkylation sites (N-methyl/N-ethyl adjacent to an activating group) is 1. The first-order valence-electron chi connectivity index (χ1n) is 25.8. The fourth-order valence-corrected chi connectivity index (χ4v) is 9.71. The topological polar surface area (TPSA) is 354 Å². The normalized spacial score (nSPS) is 19.3. The van der Waals surface area contributed by atoms with Crippen LogP contribution in [0, 0.1) is 5.92 Å². The largest absolute Gasteiger partial charge is 0.480 e. The molecule has 1 aromatic carbocycles. The van der Waals surface area contributed by atoms with Crippen LogP contribution in [0.5, 0.6) is 0 Å². The van der Waals surface area contributed by atoms with E-state index in [0.717, 1.165) is 0 Å². The number of aliphatic carboxylic acids is 1. The van der Waals surface area contributed by atoms with Gasteiger partial charge in [0.05, 0.1) is 6.54 Å². The number of nitrogens with zero attached hydrogens (tertiary/aromatic N) is 5. The van der Waals surface area contributed by atoms with Crippen molar-refractivity contribution in [3.05, 3.63) is 35.9 Å². The van der Waals surface area contributed by atoms with E-state index in [0.29, 0.717) is 63.5 Å². The van der Waals surface area contributed by atoms with Gasteiger partial charge in [0, 0.05) is 46.6 Å². The highest BCUT2D eigenvalue weighted by Crippen LogP contribution is 2.27. The van der Waals surface area contributed by atoms with Crippen LogP contribution < -0.4 is 43.8 Å². The highest BCUT2D eigenvalue weighted by Gasteiger charge is 2.44. The van der Waals surface area contributed by atoms with E-state index in [1.807, 2.05) is 13.8 Å². The lowest BCUT2D eigenvalue weighted by molar-refractivity contribution is -0.149. The molecule has 0 radical (unpaired) electrons. The molecule has 1 aromatic rings. The zero-order valence-corrected chi connectivity index (χ0v) is 43.5. The van der Waals surface area contributed by atoms with Crippen LogP contribution in [0.3, 0.4) is 0 Å². The van der Waals surface area contributed by atoms with Crippen LogP contribution in [0.1, 0.15) is 110 Å². The van der Waals surface area contributed by atoms with Crippen molar-refractivity contribution in [3.8, 4) is 0 Å². The molecule has 0 bridgehead atoms. The van der Waals surface area contributed by atoms with Crippen molar-refractivity contribution in [2.45, 2.75) is 160 Å². The second kappa shape index (κ2) is 29.1. The second-order valence-electron chi connectivity index (χ2n) is 19.8. The molecular formula is C50H79N13O11. The SMILES string of the molecule is CC(=O)N[C@@H](CCCCN)C(=O)N[C@@H](CCCN=C(N)N)C(=O)N1CCC[C@H]1C(=O)N1CCC[C@H]1C(=O)NCC(=O)N[C@@H](Cc1ccccc1)C(=O)N(C)[C@@H](C)C(=O)N1CCC[C@H]1C(=O)N[C@@H](CC(C)C)C(=O)O. The second-order valence-corrected chi connectivity index (χ2v) is 19.8. The molecule has 3 fully saturated rings. The molecule has 9 amide bonds. The highest BCUT2D eigenvalue weighted by atomic mass is 16.4. The van der Waals surface area contributed by atoms with Crippen molar-refractivity contribution in [1.82, 2.24) is 46.2 Å². The van der Waals surface area contributed by atoms with E-state index < -0.39 is 114 Å².